The lowest BCUT2D eigenvalue weighted by Crippen LogP contribution is -2.14. The van der Waals surface area contributed by atoms with Crippen molar-refractivity contribution in [3.05, 3.63) is 23.2 Å². The largest absolute Gasteiger partial charge is 0.369 e. The Bertz CT molecular complexity index is 259. The number of carbonyl (C=O) groups is 1. The first-order valence-electron chi connectivity index (χ1n) is 2.93. The molecule has 4 nitrogen and oxygen atoms in total. The van der Waals surface area contributed by atoms with Crippen LogP contribution in [0.1, 0.15) is 5.69 Å². The summed E-state index contributed by atoms with van der Waals surface area (Å²) in [6, 6.07) is 0. The summed E-state index contributed by atoms with van der Waals surface area (Å²) in [5.74, 6) is -0.429. The van der Waals surface area contributed by atoms with Gasteiger partial charge in [-0.05, 0) is 0 Å². The molecular formula is C6H6ClN3O. The fourth-order valence-electron chi connectivity index (χ4n) is 0.609. The molecule has 1 aromatic rings. The summed E-state index contributed by atoms with van der Waals surface area (Å²) in [6.45, 7) is 0. The molecule has 5 heteroatoms. The fraction of sp³-hybridized carbons (Fsp3) is 0.167. The van der Waals surface area contributed by atoms with Crippen LogP contribution in [0.25, 0.3) is 0 Å². The van der Waals surface area contributed by atoms with Gasteiger partial charge in [0, 0.05) is 0 Å². The van der Waals surface area contributed by atoms with Gasteiger partial charge in [0.1, 0.15) is 5.15 Å². The quantitative estimate of drug-likeness (QED) is 0.689. The Labute approximate surface area is 68.4 Å². The normalized spacial score (nSPS) is 9.55. The average Bonchev–Trinajstić information content (AvgIpc) is 1.93. The minimum absolute atomic E-state index is 0.101. The van der Waals surface area contributed by atoms with Crippen molar-refractivity contribution in [1.82, 2.24) is 9.97 Å². The third-order valence-corrected chi connectivity index (χ3v) is 1.22. The van der Waals surface area contributed by atoms with Crippen LogP contribution in [0.3, 0.4) is 0 Å². The van der Waals surface area contributed by atoms with E-state index < -0.39 is 5.91 Å². The number of nitrogens with zero attached hydrogens (tertiary/aromatic N) is 2. The third kappa shape index (κ3) is 2.51. The van der Waals surface area contributed by atoms with Crippen molar-refractivity contribution in [3.8, 4) is 0 Å². The zero-order valence-electron chi connectivity index (χ0n) is 5.62. The minimum atomic E-state index is -0.429. The fourth-order valence-corrected chi connectivity index (χ4v) is 0.706. The predicted octanol–water partition coefficient (Wildman–Crippen LogP) is 0.158. The van der Waals surface area contributed by atoms with Crippen LogP contribution >= 0.6 is 11.6 Å². The van der Waals surface area contributed by atoms with Gasteiger partial charge < -0.3 is 5.73 Å². The molecule has 0 saturated carbocycles. The van der Waals surface area contributed by atoms with E-state index in [1.807, 2.05) is 0 Å². The molecule has 0 aromatic carbocycles. The smallest absolute Gasteiger partial charge is 0.223 e. The molecule has 58 valence electrons. The number of rotatable bonds is 2. The van der Waals surface area contributed by atoms with Crippen molar-refractivity contribution in [2.75, 3.05) is 0 Å². The van der Waals surface area contributed by atoms with Gasteiger partial charge >= 0.3 is 0 Å². The highest BCUT2D eigenvalue weighted by Gasteiger charge is 1.99. The van der Waals surface area contributed by atoms with Crippen LogP contribution in [0, 0.1) is 0 Å². The highest BCUT2D eigenvalue weighted by Crippen LogP contribution is 2.00. The van der Waals surface area contributed by atoms with E-state index in [0.717, 1.165) is 0 Å². The maximum Gasteiger partial charge on any atom is 0.223 e. The molecule has 1 amide bonds. The minimum Gasteiger partial charge on any atom is -0.369 e. The van der Waals surface area contributed by atoms with Gasteiger partial charge in [-0.25, -0.2) is 4.98 Å². The first-order valence-corrected chi connectivity index (χ1v) is 3.31. The Morgan fingerprint density at radius 1 is 1.55 bits per heavy atom. The van der Waals surface area contributed by atoms with E-state index in [-0.39, 0.29) is 6.42 Å². The second kappa shape index (κ2) is 3.30. The molecule has 0 radical (unpaired) electrons. The van der Waals surface area contributed by atoms with Gasteiger partial charge in [-0.2, -0.15) is 0 Å². The molecule has 0 spiro atoms. The second-order valence-electron chi connectivity index (χ2n) is 1.97. The lowest BCUT2D eigenvalue weighted by atomic mass is 10.3. The number of nitrogens with two attached hydrogens (primary N) is 1. The molecule has 0 aliphatic carbocycles. The first-order chi connectivity index (χ1) is 5.18. The summed E-state index contributed by atoms with van der Waals surface area (Å²) in [5, 5.41) is 0.304. The number of amides is 1. The van der Waals surface area contributed by atoms with Crippen LogP contribution in [0.5, 0.6) is 0 Å². The van der Waals surface area contributed by atoms with Crippen LogP contribution < -0.4 is 5.73 Å². The maximum absolute atomic E-state index is 10.4. The molecular weight excluding hydrogens is 166 g/mol. The van der Waals surface area contributed by atoms with E-state index in [0.29, 0.717) is 10.8 Å². The average molecular weight is 172 g/mol. The number of aromatic nitrogens is 2. The SMILES string of the molecule is NC(=O)Cc1cnc(Cl)cn1. The van der Waals surface area contributed by atoms with E-state index in [2.05, 4.69) is 9.97 Å². The van der Waals surface area contributed by atoms with E-state index in [9.17, 15) is 4.79 Å². The number of primary amides is 1. The van der Waals surface area contributed by atoms with Gasteiger partial charge in [-0.1, -0.05) is 11.6 Å². The lowest BCUT2D eigenvalue weighted by molar-refractivity contribution is -0.117. The van der Waals surface area contributed by atoms with Crippen LogP contribution in [-0.2, 0) is 11.2 Å². The number of hydrogen-bond acceptors (Lipinski definition) is 3. The van der Waals surface area contributed by atoms with E-state index in [4.69, 9.17) is 17.3 Å². The highest BCUT2D eigenvalue weighted by atomic mass is 35.5. The van der Waals surface area contributed by atoms with Crippen LogP contribution in [0.15, 0.2) is 12.4 Å². The maximum atomic E-state index is 10.4. The van der Waals surface area contributed by atoms with E-state index >= 15 is 0 Å². The molecule has 1 rings (SSSR count). The van der Waals surface area contributed by atoms with Gasteiger partial charge in [0.05, 0.1) is 24.5 Å². The monoisotopic (exact) mass is 171 g/mol. The molecule has 2 N–H and O–H groups in total. The first kappa shape index (κ1) is 7.94. The zero-order valence-corrected chi connectivity index (χ0v) is 6.38. The van der Waals surface area contributed by atoms with Crippen LogP contribution in [0.2, 0.25) is 5.15 Å². The van der Waals surface area contributed by atoms with Crippen LogP contribution in [0.4, 0.5) is 0 Å². The van der Waals surface area contributed by atoms with E-state index in [1.54, 1.807) is 0 Å². The number of carbonyl (C=O) groups excluding carboxylic acids is 1. The van der Waals surface area contributed by atoms with Gasteiger partial charge in [-0.3, -0.25) is 9.78 Å². The molecule has 0 aliphatic rings. The molecule has 0 bridgehead atoms. The molecule has 0 saturated heterocycles. The third-order valence-electron chi connectivity index (χ3n) is 1.03. The number of hydrogen-bond donors (Lipinski definition) is 1. The highest BCUT2D eigenvalue weighted by molar-refractivity contribution is 6.29. The molecule has 1 aromatic heterocycles. The van der Waals surface area contributed by atoms with Crippen molar-refractivity contribution in [2.24, 2.45) is 5.73 Å². The molecule has 0 aliphatic heterocycles. The number of halogens is 1. The van der Waals surface area contributed by atoms with Crippen molar-refractivity contribution in [3.63, 3.8) is 0 Å². The molecule has 1 heterocycles. The zero-order chi connectivity index (χ0) is 8.27. The van der Waals surface area contributed by atoms with Crippen molar-refractivity contribution in [2.45, 2.75) is 6.42 Å². The molecule has 11 heavy (non-hydrogen) atoms. The summed E-state index contributed by atoms with van der Waals surface area (Å²) in [5.41, 5.74) is 5.45. The lowest BCUT2D eigenvalue weighted by Gasteiger charge is -1.94. The molecule has 0 unspecified atom stereocenters. The Morgan fingerprint density at radius 3 is 2.73 bits per heavy atom. The van der Waals surface area contributed by atoms with Crippen molar-refractivity contribution in [1.29, 1.82) is 0 Å². The topological polar surface area (TPSA) is 68.9 Å². The second-order valence-corrected chi connectivity index (χ2v) is 2.36. The Kier molecular flexibility index (Phi) is 2.38. The van der Waals surface area contributed by atoms with Crippen molar-refractivity contribution >= 4 is 17.5 Å². The summed E-state index contributed by atoms with van der Waals surface area (Å²) in [6.07, 6.45) is 2.90. The van der Waals surface area contributed by atoms with Gasteiger partial charge in [-0.15, -0.1) is 0 Å². The summed E-state index contributed by atoms with van der Waals surface area (Å²) < 4.78 is 0. The van der Waals surface area contributed by atoms with Crippen LogP contribution in [-0.4, -0.2) is 15.9 Å². The standard InChI is InChI=1S/C6H6ClN3O/c7-5-3-9-4(2-10-5)1-6(8)11/h2-3H,1H2,(H2,8,11). The summed E-state index contributed by atoms with van der Waals surface area (Å²) in [7, 11) is 0. The van der Waals surface area contributed by atoms with Gasteiger partial charge in [0.2, 0.25) is 5.91 Å². The predicted molar refractivity (Wildman–Crippen MR) is 39.9 cm³/mol. The Morgan fingerprint density at radius 2 is 2.27 bits per heavy atom. The summed E-state index contributed by atoms with van der Waals surface area (Å²) >= 11 is 5.46. The van der Waals surface area contributed by atoms with E-state index in [1.165, 1.54) is 12.4 Å². The summed E-state index contributed by atoms with van der Waals surface area (Å²) in [4.78, 5) is 17.9. The van der Waals surface area contributed by atoms with Gasteiger partial charge in [0.25, 0.3) is 0 Å². The molecule has 0 fully saturated rings. The Balaban J connectivity index is 2.74. The van der Waals surface area contributed by atoms with Gasteiger partial charge in [0.15, 0.2) is 0 Å². The molecule has 0 atom stereocenters. The van der Waals surface area contributed by atoms with Crippen molar-refractivity contribution < 1.29 is 4.79 Å². The Hall–Kier alpha value is -1.16.